The van der Waals surface area contributed by atoms with Gasteiger partial charge in [-0.05, 0) is 52.2 Å². The van der Waals surface area contributed by atoms with Gasteiger partial charge in [-0.15, -0.1) is 0 Å². The van der Waals surface area contributed by atoms with E-state index < -0.39 is 0 Å². The first-order valence-electron chi connectivity index (χ1n) is 8.38. The summed E-state index contributed by atoms with van der Waals surface area (Å²) >= 11 is 0. The molecule has 20 heavy (non-hydrogen) atoms. The fourth-order valence-corrected chi connectivity index (χ4v) is 2.89. The molecule has 0 aromatic carbocycles. The van der Waals surface area contributed by atoms with Crippen LogP contribution >= 0.6 is 0 Å². The predicted molar refractivity (Wildman–Crippen MR) is 82.9 cm³/mol. The largest absolute Gasteiger partial charge is 0.466 e. The van der Waals surface area contributed by atoms with E-state index >= 15 is 0 Å². The Hall–Kier alpha value is -0.610. The Bertz CT molecular complexity index is 259. The molecule has 0 aliphatic carbocycles. The minimum absolute atomic E-state index is 0.0458. The van der Waals surface area contributed by atoms with E-state index in [2.05, 4.69) is 17.1 Å². The predicted octanol–water partition coefficient (Wildman–Crippen LogP) is 2.57. The fraction of sp³-hybridized carbons (Fsp3) is 0.938. The molecule has 4 heteroatoms. The van der Waals surface area contributed by atoms with E-state index in [-0.39, 0.29) is 5.97 Å². The Balaban J connectivity index is 2.10. The molecule has 0 aromatic heterocycles. The van der Waals surface area contributed by atoms with Gasteiger partial charge in [-0.1, -0.05) is 19.8 Å². The van der Waals surface area contributed by atoms with Crippen LogP contribution in [0.3, 0.4) is 0 Å². The highest BCUT2D eigenvalue weighted by Gasteiger charge is 2.20. The van der Waals surface area contributed by atoms with Gasteiger partial charge >= 0.3 is 5.97 Å². The molecule has 0 bridgehead atoms. The zero-order chi connectivity index (χ0) is 14.6. The molecular weight excluding hydrogens is 252 g/mol. The average molecular weight is 284 g/mol. The van der Waals surface area contributed by atoms with E-state index in [9.17, 15) is 4.79 Å². The number of hydrogen-bond donors (Lipinski definition) is 1. The first-order valence-corrected chi connectivity index (χ1v) is 8.38. The van der Waals surface area contributed by atoms with Gasteiger partial charge < -0.3 is 10.1 Å². The van der Waals surface area contributed by atoms with Crippen molar-refractivity contribution in [1.82, 2.24) is 10.2 Å². The van der Waals surface area contributed by atoms with E-state index in [1.807, 2.05) is 6.92 Å². The fourth-order valence-electron chi connectivity index (χ4n) is 2.89. The normalized spacial score (nSPS) is 20.0. The molecular formula is C16H32N2O2. The van der Waals surface area contributed by atoms with Gasteiger partial charge in [0.2, 0.25) is 0 Å². The summed E-state index contributed by atoms with van der Waals surface area (Å²) in [6, 6.07) is 0.716. The highest BCUT2D eigenvalue weighted by atomic mass is 16.5. The van der Waals surface area contributed by atoms with Crippen LogP contribution in [-0.4, -0.2) is 49.7 Å². The van der Waals surface area contributed by atoms with Gasteiger partial charge in [0.25, 0.3) is 0 Å². The van der Waals surface area contributed by atoms with Crippen LogP contribution < -0.4 is 5.32 Å². The van der Waals surface area contributed by atoms with E-state index in [4.69, 9.17) is 4.74 Å². The van der Waals surface area contributed by atoms with Crippen molar-refractivity contribution in [3.05, 3.63) is 0 Å². The molecule has 1 N–H and O–H groups in total. The summed E-state index contributed by atoms with van der Waals surface area (Å²) in [5.74, 6) is -0.0458. The zero-order valence-electron chi connectivity index (χ0n) is 13.3. The van der Waals surface area contributed by atoms with Crippen molar-refractivity contribution >= 4 is 5.97 Å². The standard InChI is InChI=1S/C16H32N2O2/c1-3-17-14-15-10-7-9-13-18(15)12-8-5-6-11-16(19)20-4-2/h15,17H,3-14H2,1-2H3. The van der Waals surface area contributed by atoms with Gasteiger partial charge in [0.05, 0.1) is 6.61 Å². The number of nitrogens with one attached hydrogen (secondary N) is 1. The summed E-state index contributed by atoms with van der Waals surface area (Å²) in [5, 5.41) is 3.48. The van der Waals surface area contributed by atoms with Crippen molar-refractivity contribution in [3.63, 3.8) is 0 Å². The average Bonchev–Trinajstić information content (AvgIpc) is 2.46. The molecule has 1 fully saturated rings. The third kappa shape index (κ3) is 7.25. The highest BCUT2D eigenvalue weighted by molar-refractivity contribution is 5.69. The lowest BCUT2D eigenvalue weighted by atomic mass is 10.0. The second-order valence-corrected chi connectivity index (χ2v) is 5.61. The smallest absolute Gasteiger partial charge is 0.305 e. The topological polar surface area (TPSA) is 41.6 Å². The number of hydrogen-bond acceptors (Lipinski definition) is 4. The van der Waals surface area contributed by atoms with Gasteiger partial charge in [0, 0.05) is 19.0 Å². The Labute approximate surface area is 124 Å². The molecule has 0 amide bonds. The Morgan fingerprint density at radius 2 is 2.10 bits per heavy atom. The number of nitrogens with zero attached hydrogens (tertiary/aromatic N) is 1. The second kappa shape index (κ2) is 11.1. The zero-order valence-corrected chi connectivity index (χ0v) is 13.3. The molecule has 0 radical (unpaired) electrons. The summed E-state index contributed by atoms with van der Waals surface area (Å²) in [5.41, 5.74) is 0. The van der Waals surface area contributed by atoms with Crippen molar-refractivity contribution in [3.8, 4) is 0 Å². The Morgan fingerprint density at radius 1 is 1.25 bits per heavy atom. The van der Waals surface area contributed by atoms with Crippen LogP contribution in [0.1, 0.15) is 58.8 Å². The van der Waals surface area contributed by atoms with Gasteiger partial charge in [-0.25, -0.2) is 0 Å². The minimum Gasteiger partial charge on any atom is -0.466 e. The van der Waals surface area contributed by atoms with Crippen LogP contribution in [0.15, 0.2) is 0 Å². The number of unbranched alkanes of at least 4 members (excludes halogenated alkanes) is 2. The molecule has 4 nitrogen and oxygen atoms in total. The van der Waals surface area contributed by atoms with Crippen LogP contribution in [0, 0.1) is 0 Å². The lowest BCUT2D eigenvalue weighted by Gasteiger charge is -2.36. The summed E-state index contributed by atoms with van der Waals surface area (Å²) < 4.78 is 4.94. The molecule has 0 spiro atoms. The number of carbonyl (C=O) groups is 1. The number of likely N-dealkylation sites (N-methyl/N-ethyl adjacent to an activating group) is 1. The maximum Gasteiger partial charge on any atom is 0.305 e. The lowest BCUT2D eigenvalue weighted by Crippen LogP contribution is -2.45. The first-order chi connectivity index (χ1) is 9.77. The minimum atomic E-state index is -0.0458. The van der Waals surface area contributed by atoms with Crippen molar-refractivity contribution in [2.45, 2.75) is 64.8 Å². The molecule has 0 saturated carbocycles. The van der Waals surface area contributed by atoms with Crippen LogP contribution in [0.4, 0.5) is 0 Å². The highest BCUT2D eigenvalue weighted by Crippen LogP contribution is 2.17. The molecule has 0 aromatic rings. The molecule has 1 aliphatic rings. The van der Waals surface area contributed by atoms with Gasteiger partial charge in [0.1, 0.15) is 0 Å². The lowest BCUT2D eigenvalue weighted by molar-refractivity contribution is -0.143. The number of esters is 1. The first kappa shape index (κ1) is 17.4. The third-order valence-corrected chi connectivity index (χ3v) is 4.01. The van der Waals surface area contributed by atoms with Crippen molar-refractivity contribution in [1.29, 1.82) is 0 Å². The van der Waals surface area contributed by atoms with Gasteiger partial charge in [0.15, 0.2) is 0 Å². The van der Waals surface area contributed by atoms with Crippen LogP contribution in [0.25, 0.3) is 0 Å². The number of piperidine rings is 1. The third-order valence-electron chi connectivity index (χ3n) is 4.01. The summed E-state index contributed by atoms with van der Waals surface area (Å²) in [7, 11) is 0. The summed E-state index contributed by atoms with van der Waals surface area (Å²) in [6.45, 7) is 9.13. The Morgan fingerprint density at radius 3 is 2.85 bits per heavy atom. The van der Waals surface area contributed by atoms with Crippen molar-refractivity contribution in [2.24, 2.45) is 0 Å². The number of likely N-dealkylation sites (tertiary alicyclic amines) is 1. The monoisotopic (exact) mass is 284 g/mol. The summed E-state index contributed by atoms with van der Waals surface area (Å²) in [4.78, 5) is 13.9. The van der Waals surface area contributed by atoms with Gasteiger partial charge in [-0.2, -0.15) is 0 Å². The van der Waals surface area contributed by atoms with Crippen molar-refractivity contribution < 1.29 is 9.53 Å². The van der Waals surface area contributed by atoms with E-state index in [1.54, 1.807) is 0 Å². The molecule has 1 saturated heterocycles. The quantitative estimate of drug-likeness (QED) is 0.494. The van der Waals surface area contributed by atoms with Crippen LogP contribution in [0.2, 0.25) is 0 Å². The number of rotatable bonds is 10. The second-order valence-electron chi connectivity index (χ2n) is 5.61. The molecule has 1 aliphatic heterocycles. The maximum absolute atomic E-state index is 11.2. The van der Waals surface area contributed by atoms with E-state index in [0.717, 1.165) is 25.9 Å². The Kier molecular flexibility index (Phi) is 9.67. The van der Waals surface area contributed by atoms with Crippen molar-refractivity contribution in [2.75, 3.05) is 32.8 Å². The summed E-state index contributed by atoms with van der Waals surface area (Å²) in [6.07, 6.45) is 7.90. The van der Waals surface area contributed by atoms with Crippen LogP contribution in [-0.2, 0) is 9.53 Å². The molecule has 1 heterocycles. The van der Waals surface area contributed by atoms with Crippen LogP contribution in [0.5, 0.6) is 0 Å². The number of ether oxygens (including phenoxy) is 1. The van der Waals surface area contributed by atoms with Gasteiger partial charge in [-0.3, -0.25) is 9.69 Å². The molecule has 1 rings (SSSR count). The van der Waals surface area contributed by atoms with E-state index in [0.29, 0.717) is 19.1 Å². The number of carbonyl (C=O) groups excluding carboxylic acids is 1. The van der Waals surface area contributed by atoms with E-state index in [1.165, 1.54) is 38.8 Å². The molecule has 1 unspecified atom stereocenters. The molecule has 118 valence electrons. The SMILES string of the molecule is CCNCC1CCCCN1CCCCCC(=O)OCC. The molecule has 1 atom stereocenters. The maximum atomic E-state index is 11.2.